The van der Waals surface area contributed by atoms with Gasteiger partial charge in [0.1, 0.15) is 6.54 Å². The van der Waals surface area contributed by atoms with Crippen LogP contribution in [0.25, 0.3) is 10.8 Å². The number of nitrogens with one attached hydrogen (secondary N) is 2. The molecule has 0 unspecified atom stereocenters. The summed E-state index contributed by atoms with van der Waals surface area (Å²) in [6.07, 6.45) is 0.910. The number of rotatable bonds is 5. The lowest BCUT2D eigenvalue weighted by Crippen LogP contribution is -2.33. The van der Waals surface area contributed by atoms with E-state index in [1.54, 1.807) is 24.3 Å². The van der Waals surface area contributed by atoms with E-state index in [0.29, 0.717) is 16.5 Å². The maximum Gasteiger partial charge on any atom is 0.275 e. The molecule has 27 heavy (non-hydrogen) atoms. The van der Waals surface area contributed by atoms with Crippen molar-refractivity contribution in [3.05, 3.63) is 70.1 Å². The maximum absolute atomic E-state index is 12.7. The molecule has 2 aromatic carbocycles. The number of anilines is 1. The van der Waals surface area contributed by atoms with Crippen LogP contribution in [0.2, 0.25) is 0 Å². The number of hydrogen-bond acceptors (Lipinski definition) is 4. The molecular weight excluding hydrogens is 344 g/mol. The lowest BCUT2D eigenvalue weighted by molar-refractivity contribution is -0.117. The first kappa shape index (κ1) is 18.3. The fourth-order valence-electron chi connectivity index (χ4n) is 2.79. The van der Waals surface area contributed by atoms with E-state index in [1.807, 2.05) is 24.3 Å². The van der Waals surface area contributed by atoms with Gasteiger partial charge in [0.05, 0.1) is 5.39 Å². The molecule has 2 N–H and O–H groups in total. The van der Waals surface area contributed by atoms with Crippen molar-refractivity contribution in [1.29, 1.82) is 0 Å². The number of carbonyl (C=O) groups excluding carboxylic acids is 2. The van der Waals surface area contributed by atoms with Gasteiger partial charge in [-0.05, 0) is 30.2 Å². The molecule has 0 aliphatic rings. The van der Waals surface area contributed by atoms with Gasteiger partial charge >= 0.3 is 0 Å². The van der Waals surface area contributed by atoms with Gasteiger partial charge < -0.3 is 10.6 Å². The third-order valence-corrected chi connectivity index (χ3v) is 4.25. The summed E-state index contributed by atoms with van der Waals surface area (Å²) in [6.45, 7) is 1.76. The van der Waals surface area contributed by atoms with E-state index in [9.17, 15) is 14.4 Å². The molecule has 3 aromatic rings. The molecule has 0 aliphatic heterocycles. The first-order chi connectivity index (χ1) is 13.0. The average Bonchev–Trinajstić information content (AvgIpc) is 2.70. The van der Waals surface area contributed by atoms with Gasteiger partial charge in [0.25, 0.3) is 11.5 Å². The standard InChI is InChI=1S/C20H20N4O3/c1-3-13-8-10-14(11-9-13)22-17(25)12-24-20(27)16-7-5-4-6-15(16)18(23-24)19(26)21-2/h4-11H,3,12H2,1-2H3,(H,21,26)(H,22,25). The third kappa shape index (κ3) is 3.87. The molecule has 3 rings (SSSR count). The zero-order valence-electron chi connectivity index (χ0n) is 15.2. The normalized spacial score (nSPS) is 10.6. The molecule has 0 saturated carbocycles. The highest BCUT2D eigenvalue weighted by atomic mass is 16.2. The lowest BCUT2D eigenvalue weighted by Gasteiger charge is -2.11. The van der Waals surface area contributed by atoms with Crippen LogP contribution in [0.4, 0.5) is 5.69 Å². The zero-order chi connectivity index (χ0) is 19.4. The minimum Gasteiger partial charge on any atom is -0.354 e. The zero-order valence-corrected chi connectivity index (χ0v) is 15.2. The molecule has 0 aliphatic carbocycles. The Morgan fingerprint density at radius 3 is 2.33 bits per heavy atom. The summed E-state index contributed by atoms with van der Waals surface area (Å²) in [4.78, 5) is 37.2. The summed E-state index contributed by atoms with van der Waals surface area (Å²) in [6, 6.07) is 14.2. The fourth-order valence-corrected chi connectivity index (χ4v) is 2.79. The predicted octanol–water partition coefficient (Wildman–Crippen LogP) is 1.96. The third-order valence-electron chi connectivity index (χ3n) is 4.25. The first-order valence-electron chi connectivity index (χ1n) is 8.64. The van der Waals surface area contributed by atoms with Crippen LogP contribution in [0, 0.1) is 0 Å². The lowest BCUT2D eigenvalue weighted by atomic mass is 10.1. The van der Waals surface area contributed by atoms with E-state index in [-0.39, 0.29) is 12.2 Å². The van der Waals surface area contributed by atoms with Crippen molar-refractivity contribution >= 4 is 28.3 Å². The van der Waals surface area contributed by atoms with Crippen molar-refractivity contribution in [2.45, 2.75) is 19.9 Å². The number of fused-ring (bicyclic) bond motifs is 1. The number of nitrogens with zero attached hydrogens (tertiary/aromatic N) is 2. The summed E-state index contributed by atoms with van der Waals surface area (Å²) in [5.74, 6) is -0.817. The van der Waals surface area contributed by atoms with E-state index < -0.39 is 17.4 Å². The molecule has 7 heteroatoms. The molecule has 0 spiro atoms. The molecule has 138 valence electrons. The smallest absolute Gasteiger partial charge is 0.275 e. The highest BCUT2D eigenvalue weighted by Gasteiger charge is 2.17. The van der Waals surface area contributed by atoms with E-state index in [4.69, 9.17) is 0 Å². The Kier molecular flexibility index (Phi) is 5.30. The van der Waals surface area contributed by atoms with Crippen LogP contribution >= 0.6 is 0 Å². The van der Waals surface area contributed by atoms with Gasteiger partial charge in [-0.3, -0.25) is 14.4 Å². The van der Waals surface area contributed by atoms with Crippen LogP contribution in [0.3, 0.4) is 0 Å². The molecule has 0 bridgehead atoms. The number of hydrogen-bond donors (Lipinski definition) is 2. The van der Waals surface area contributed by atoms with Crippen molar-refractivity contribution in [1.82, 2.24) is 15.1 Å². The number of carbonyl (C=O) groups is 2. The summed E-state index contributed by atoms with van der Waals surface area (Å²) in [7, 11) is 1.49. The molecule has 0 fully saturated rings. The average molecular weight is 364 g/mol. The van der Waals surface area contributed by atoms with Crippen molar-refractivity contribution in [3.8, 4) is 0 Å². The number of aromatic nitrogens is 2. The van der Waals surface area contributed by atoms with Gasteiger partial charge in [-0.15, -0.1) is 0 Å². The van der Waals surface area contributed by atoms with Gasteiger partial charge in [0.15, 0.2) is 5.69 Å². The molecular formula is C20H20N4O3. The van der Waals surface area contributed by atoms with Crippen molar-refractivity contribution in [2.75, 3.05) is 12.4 Å². The van der Waals surface area contributed by atoms with Crippen molar-refractivity contribution < 1.29 is 9.59 Å². The summed E-state index contributed by atoms with van der Waals surface area (Å²) < 4.78 is 1.02. The second-order valence-corrected chi connectivity index (χ2v) is 6.03. The van der Waals surface area contributed by atoms with Gasteiger partial charge in [0.2, 0.25) is 5.91 Å². The molecule has 2 amide bonds. The van der Waals surface area contributed by atoms with Crippen LogP contribution in [0.15, 0.2) is 53.3 Å². The summed E-state index contributed by atoms with van der Waals surface area (Å²) >= 11 is 0. The van der Waals surface area contributed by atoms with E-state index in [1.165, 1.54) is 7.05 Å². The van der Waals surface area contributed by atoms with E-state index in [2.05, 4.69) is 22.7 Å². The van der Waals surface area contributed by atoms with Crippen LogP contribution < -0.4 is 16.2 Å². The Labute approximate surface area is 156 Å². The van der Waals surface area contributed by atoms with Gasteiger partial charge in [0, 0.05) is 18.1 Å². The molecule has 0 atom stereocenters. The Balaban J connectivity index is 1.91. The van der Waals surface area contributed by atoms with Gasteiger partial charge in [-0.2, -0.15) is 5.10 Å². The topological polar surface area (TPSA) is 93.1 Å². The second kappa shape index (κ2) is 7.82. The molecule has 1 aromatic heterocycles. The van der Waals surface area contributed by atoms with Crippen LogP contribution in [-0.4, -0.2) is 28.6 Å². The molecule has 1 heterocycles. The Morgan fingerprint density at radius 2 is 1.70 bits per heavy atom. The number of benzene rings is 2. The molecule has 7 nitrogen and oxygen atoms in total. The summed E-state index contributed by atoms with van der Waals surface area (Å²) in [5, 5.41) is 10.2. The van der Waals surface area contributed by atoms with E-state index >= 15 is 0 Å². The largest absolute Gasteiger partial charge is 0.354 e. The number of aryl methyl sites for hydroxylation is 1. The monoisotopic (exact) mass is 364 g/mol. The highest BCUT2D eigenvalue weighted by molar-refractivity contribution is 6.04. The first-order valence-corrected chi connectivity index (χ1v) is 8.64. The maximum atomic E-state index is 12.7. The second-order valence-electron chi connectivity index (χ2n) is 6.03. The Morgan fingerprint density at radius 1 is 1.04 bits per heavy atom. The van der Waals surface area contributed by atoms with Crippen LogP contribution in [0.5, 0.6) is 0 Å². The molecule has 0 radical (unpaired) electrons. The Hall–Kier alpha value is -3.48. The van der Waals surface area contributed by atoms with Gasteiger partial charge in [-0.25, -0.2) is 4.68 Å². The quantitative estimate of drug-likeness (QED) is 0.724. The van der Waals surface area contributed by atoms with Crippen LogP contribution in [-0.2, 0) is 17.8 Å². The summed E-state index contributed by atoms with van der Waals surface area (Å²) in [5.41, 5.74) is 1.48. The van der Waals surface area contributed by atoms with Crippen LogP contribution in [0.1, 0.15) is 23.0 Å². The number of amides is 2. The molecule has 0 saturated heterocycles. The SMILES string of the molecule is CCc1ccc(NC(=O)Cn2nc(C(=O)NC)c3ccccc3c2=O)cc1. The highest BCUT2D eigenvalue weighted by Crippen LogP contribution is 2.13. The van der Waals surface area contributed by atoms with Crippen molar-refractivity contribution in [2.24, 2.45) is 0 Å². The minimum absolute atomic E-state index is 0.104. The van der Waals surface area contributed by atoms with E-state index in [0.717, 1.165) is 16.7 Å². The minimum atomic E-state index is -0.422. The van der Waals surface area contributed by atoms with Crippen molar-refractivity contribution in [3.63, 3.8) is 0 Å². The van der Waals surface area contributed by atoms with Gasteiger partial charge in [-0.1, -0.05) is 37.3 Å². The Bertz CT molecular complexity index is 1060. The predicted molar refractivity (Wildman–Crippen MR) is 104 cm³/mol. The fraction of sp³-hybridized carbons (Fsp3) is 0.200.